The van der Waals surface area contributed by atoms with E-state index in [0.717, 1.165) is 25.0 Å². The van der Waals surface area contributed by atoms with Crippen LogP contribution in [0.4, 0.5) is 19.1 Å². The fourth-order valence-electron chi connectivity index (χ4n) is 5.33. The zero-order chi connectivity index (χ0) is 25.4. The number of piperazine rings is 1. The molecule has 0 spiro atoms. The zero-order valence-corrected chi connectivity index (χ0v) is 19.5. The number of carbonyl (C=O) groups is 2. The second-order valence-corrected chi connectivity index (χ2v) is 9.50. The lowest BCUT2D eigenvalue weighted by Gasteiger charge is -2.39. The van der Waals surface area contributed by atoms with Crippen molar-refractivity contribution in [2.45, 2.75) is 56.6 Å². The Morgan fingerprint density at radius 1 is 1.14 bits per heavy atom. The highest BCUT2D eigenvalue weighted by molar-refractivity contribution is 5.91. The van der Waals surface area contributed by atoms with E-state index in [1.165, 1.54) is 12.1 Å². The summed E-state index contributed by atoms with van der Waals surface area (Å²) in [6.45, 7) is 1.88. The topological polar surface area (TPSA) is 114 Å². The quantitative estimate of drug-likeness (QED) is 0.620. The second kappa shape index (κ2) is 9.57. The molecular formula is C24H27F3N6O3. The van der Waals surface area contributed by atoms with Crippen molar-refractivity contribution in [3.63, 3.8) is 0 Å². The third-order valence-corrected chi connectivity index (χ3v) is 6.93. The number of alkyl halides is 3. The number of anilines is 1. The Bertz CT molecular complexity index is 1130. The van der Waals surface area contributed by atoms with Gasteiger partial charge in [-0.3, -0.25) is 14.5 Å². The number of carbonyl (C=O) groups excluding carboxylic acids is 2. The number of halogens is 3. The largest absolute Gasteiger partial charge is 0.490 e. The number of nitrogens with zero attached hydrogens (tertiary/aromatic N) is 4. The predicted octanol–water partition coefficient (Wildman–Crippen LogP) is 2.10. The van der Waals surface area contributed by atoms with Crippen LogP contribution in [0.15, 0.2) is 30.3 Å². The summed E-state index contributed by atoms with van der Waals surface area (Å²) >= 11 is 0. The van der Waals surface area contributed by atoms with Gasteiger partial charge in [0.05, 0.1) is 17.8 Å². The molecule has 36 heavy (non-hydrogen) atoms. The molecule has 1 aromatic heterocycles. The first-order valence-corrected chi connectivity index (χ1v) is 11.9. The average Bonchev–Trinajstić information content (AvgIpc) is 3.09. The van der Waals surface area contributed by atoms with Crippen molar-refractivity contribution in [3.05, 3.63) is 47.3 Å². The fraction of sp³-hybridized carbons (Fsp3) is 0.500. The van der Waals surface area contributed by atoms with E-state index in [2.05, 4.69) is 15.2 Å². The van der Waals surface area contributed by atoms with Crippen LogP contribution in [0, 0.1) is 0 Å². The van der Waals surface area contributed by atoms with Crippen LogP contribution in [0.2, 0.25) is 0 Å². The third kappa shape index (κ3) is 5.23. The average molecular weight is 505 g/mol. The Hall–Kier alpha value is -3.41. The van der Waals surface area contributed by atoms with Gasteiger partial charge in [0, 0.05) is 44.6 Å². The van der Waals surface area contributed by atoms with E-state index in [1.807, 2.05) is 4.90 Å². The standard InChI is InChI=1S/C24H27F3N6O3/c25-24(26,27)14-1-5-18(6-2-14)36-19-10-16-3-4-17(11-19)33(16)23-30-15(9-20(31-23)22(28)35)12-32-8-7-29-21(34)13-32/h1-2,5-6,9,16-17,19H,3-4,7-8,10-13H2,(H2,28,35)(H,29,34)/t16-,17?,19?/m0/s1. The maximum Gasteiger partial charge on any atom is 0.416 e. The number of fused-ring (bicyclic) bond motifs is 2. The number of primary amides is 1. The summed E-state index contributed by atoms with van der Waals surface area (Å²) in [6.07, 6.45) is -1.44. The van der Waals surface area contributed by atoms with E-state index in [4.69, 9.17) is 15.5 Å². The van der Waals surface area contributed by atoms with Crippen LogP contribution < -0.4 is 20.7 Å². The number of benzene rings is 1. The Balaban J connectivity index is 1.31. The van der Waals surface area contributed by atoms with Crippen molar-refractivity contribution in [2.75, 3.05) is 24.5 Å². The lowest BCUT2D eigenvalue weighted by atomic mass is 10.00. The molecule has 2 amide bonds. The van der Waals surface area contributed by atoms with Gasteiger partial charge in [0.15, 0.2) is 0 Å². The molecule has 5 rings (SSSR count). The van der Waals surface area contributed by atoms with Crippen LogP contribution in [-0.4, -0.2) is 64.5 Å². The van der Waals surface area contributed by atoms with Crippen molar-refractivity contribution >= 4 is 17.8 Å². The number of hydrogen-bond donors (Lipinski definition) is 2. The number of nitrogens with one attached hydrogen (secondary N) is 1. The van der Waals surface area contributed by atoms with Crippen molar-refractivity contribution in [1.29, 1.82) is 0 Å². The van der Waals surface area contributed by atoms with Crippen LogP contribution in [0.3, 0.4) is 0 Å². The summed E-state index contributed by atoms with van der Waals surface area (Å²) < 4.78 is 44.6. The van der Waals surface area contributed by atoms with Gasteiger partial charge in [-0.2, -0.15) is 13.2 Å². The van der Waals surface area contributed by atoms with Crippen LogP contribution in [0.5, 0.6) is 5.75 Å². The molecule has 3 N–H and O–H groups in total. The molecule has 0 radical (unpaired) electrons. The van der Waals surface area contributed by atoms with Crippen LogP contribution in [0.1, 0.15) is 47.4 Å². The fourth-order valence-corrected chi connectivity index (χ4v) is 5.33. The van der Waals surface area contributed by atoms with Gasteiger partial charge in [-0.25, -0.2) is 9.97 Å². The number of amides is 2. The summed E-state index contributed by atoms with van der Waals surface area (Å²) in [7, 11) is 0. The van der Waals surface area contributed by atoms with Gasteiger partial charge in [-0.05, 0) is 43.2 Å². The SMILES string of the molecule is NC(=O)c1cc(CN2CCNC(=O)C2)nc(N2C3CC[C@H]2CC(Oc2ccc(C(F)(F)F)cc2)C3)n1. The Morgan fingerprint density at radius 3 is 2.44 bits per heavy atom. The minimum Gasteiger partial charge on any atom is -0.490 e. The van der Waals surface area contributed by atoms with Gasteiger partial charge in [-0.1, -0.05) is 0 Å². The summed E-state index contributed by atoms with van der Waals surface area (Å²) in [6, 6.07) is 6.46. The van der Waals surface area contributed by atoms with Gasteiger partial charge in [0.2, 0.25) is 11.9 Å². The van der Waals surface area contributed by atoms with Gasteiger partial charge in [0.1, 0.15) is 17.5 Å². The molecule has 4 heterocycles. The Morgan fingerprint density at radius 2 is 1.83 bits per heavy atom. The molecule has 3 fully saturated rings. The number of piperidine rings is 1. The normalized spacial score (nSPS) is 24.5. The van der Waals surface area contributed by atoms with Crippen LogP contribution in [-0.2, 0) is 17.5 Å². The molecule has 0 saturated carbocycles. The maximum absolute atomic E-state index is 12.8. The van der Waals surface area contributed by atoms with Crippen LogP contribution in [0.25, 0.3) is 0 Å². The summed E-state index contributed by atoms with van der Waals surface area (Å²) in [4.78, 5) is 37.0. The van der Waals surface area contributed by atoms with Crippen molar-refractivity contribution in [2.24, 2.45) is 5.73 Å². The van der Waals surface area contributed by atoms with E-state index >= 15 is 0 Å². The number of ether oxygens (including phenoxy) is 1. The Kier molecular flexibility index (Phi) is 6.45. The van der Waals surface area contributed by atoms with Crippen LogP contribution >= 0.6 is 0 Å². The second-order valence-electron chi connectivity index (χ2n) is 9.50. The molecule has 192 valence electrons. The predicted molar refractivity (Wildman–Crippen MR) is 123 cm³/mol. The van der Waals surface area contributed by atoms with Gasteiger partial charge >= 0.3 is 6.18 Å². The highest BCUT2D eigenvalue weighted by Crippen LogP contribution is 2.40. The first-order chi connectivity index (χ1) is 17.2. The Labute approximate surface area is 205 Å². The lowest BCUT2D eigenvalue weighted by Crippen LogP contribution is -2.48. The number of nitrogens with two attached hydrogens (primary N) is 1. The molecule has 9 nitrogen and oxygen atoms in total. The molecule has 12 heteroatoms. The van der Waals surface area contributed by atoms with Crippen molar-refractivity contribution < 1.29 is 27.5 Å². The number of rotatable bonds is 6. The van der Waals surface area contributed by atoms with E-state index in [-0.39, 0.29) is 36.3 Å². The van der Waals surface area contributed by atoms with Crippen molar-refractivity contribution in [1.82, 2.24) is 20.2 Å². The molecule has 2 unspecified atom stereocenters. The first kappa shape index (κ1) is 24.3. The minimum atomic E-state index is -4.39. The van der Waals surface area contributed by atoms with E-state index < -0.39 is 17.6 Å². The highest BCUT2D eigenvalue weighted by Gasteiger charge is 2.43. The highest BCUT2D eigenvalue weighted by atomic mass is 19.4. The van der Waals surface area contributed by atoms with Gasteiger partial charge in [-0.15, -0.1) is 0 Å². The zero-order valence-electron chi connectivity index (χ0n) is 19.5. The summed E-state index contributed by atoms with van der Waals surface area (Å²) in [5, 5.41) is 2.78. The molecule has 3 atom stereocenters. The molecule has 2 bridgehead atoms. The van der Waals surface area contributed by atoms with Gasteiger partial charge in [0.25, 0.3) is 5.91 Å². The molecule has 2 aromatic rings. The molecule has 1 aromatic carbocycles. The maximum atomic E-state index is 12.8. The first-order valence-electron chi connectivity index (χ1n) is 11.9. The van der Waals surface area contributed by atoms with E-state index in [0.29, 0.717) is 49.9 Å². The third-order valence-electron chi connectivity index (χ3n) is 6.93. The molecule has 3 saturated heterocycles. The van der Waals surface area contributed by atoms with Crippen molar-refractivity contribution in [3.8, 4) is 5.75 Å². The number of hydrogen-bond acceptors (Lipinski definition) is 7. The monoisotopic (exact) mass is 504 g/mol. The summed E-state index contributed by atoms with van der Waals surface area (Å²) in [5.74, 6) is 0.131. The molecule has 0 aliphatic carbocycles. The molecule has 3 aliphatic rings. The lowest BCUT2D eigenvalue weighted by molar-refractivity contribution is -0.137. The van der Waals surface area contributed by atoms with Gasteiger partial charge < -0.3 is 20.7 Å². The minimum absolute atomic E-state index is 0.0567. The van der Waals surface area contributed by atoms with E-state index in [9.17, 15) is 22.8 Å². The molecular weight excluding hydrogens is 477 g/mol. The smallest absolute Gasteiger partial charge is 0.416 e. The number of aromatic nitrogens is 2. The molecule has 3 aliphatic heterocycles. The summed E-state index contributed by atoms with van der Waals surface area (Å²) in [5.41, 5.74) is 5.58. The van der Waals surface area contributed by atoms with E-state index in [1.54, 1.807) is 6.07 Å².